The number of hydrogen-bond acceptors (Lipinski definition) is 3. The van der Waals surface area contributed by atoms with Gasteiger partial charge in [-0.3, -0.25) is 9.59 Å². The summed E-state index contributed by atoms with van der Waals surface area (Å²) in [7, 11) is 0. The molecule has 1 heterocycles. The fourth-order valence-corrected chi connectivity index (χ4v) is 3.02. The van der Waals surface area contributed by atoms with Crippen LogP contribution in [0.3, 0.4) is 0 Å². The third kappa shape index (κ3) is 2.66. The molecule has 1 aliphatic heterocycles. The Morgan fingerprint density at radius 1 is 1.17 bits per heavy atom. The second kappa shape index (κ2) is 5.26. The Bertz CT molecular complexity index is 344. The van der Waals surface area contributed by atoms with Crippen molar-refractivity contribution in [2.45, 2.75) is 38.7 Å². The number of carbonyl (C=O) groups is 2. The molecule has 1 aliphatic carbocycles. The third-order valence-corrected chi connectivity index (χ3v) is 4.30. The van der Waals surface area contributed by atoms with Crippen molar-refractivity contribution in [2.24, 2.45) is 17.8 Å². The molecule has 0 aromatic heterocycles. The van der Waals surface area contributed by atoms with Crippen molar-refractivity contribution in [3.8, 4) is 0 Å². The van der Waals surface area contributed by atoms with Gasteiger partial charge in [-0.15, -0.1) is 0 Å². The highest BCUT2D eigenvalue weighted by Crippen LogP contribution is 2.33. The summed E-state index contributed by atoms with van der Waals surface area (Å²) in [6, 6.07) is 0. The Balaban J connectivity index is 1.90. The summed E-state index contributed by atoms with van der Waals surface area (Å²) in [6.07, 6.45) is 2.08. The quantitative estimate of drug-likeness (QED) is 0.762. The first kappa shape index (κ1) is 13.3. The molecule has 0 spiro atoms. The van der Waals surface area contributed by atoms with Crippen LogP contribution in [0, 0.1) is 17.8 Å². The maximum absolute atomic E-state index is 12.3. The van der Waals surface area contributed by atoms with Crippen molar-refractivity contribution >= 4 is 11.9 Å². The van der Waals surface area contributed by atoms with Gasteiger partial charge in [0.15, 0.2) is 0 Å². The Hall–Kier alpha value is -1.10. The van der Waals surface area contributed by atoms with Crippen molar-refractivity contribution < 1.29 is 19.8 Å². The van der Waals surface area contributed by atoms with Gasteiger partial charge in [-0.2, -0.15) is 0 Å². The van der Waals surface area contributed by atoms with Gasteiger partial charge in [0.05, 0.1) is 12.0 Å². The normalized spacial score (nSPS) is 36.7. The molecule has 1 amide bonds. The second-order valence-electron chi connectivity index (χ2n) is 5.66. The molecule has 2 N–H and O–H groups in total. The van der Waals surface area contributed by atoms with Crippen molar-refractivity contribution in [1.29, 1.82) is 0 Å². The van der Waals surface area contributed by atoms with Crippen LogP contribution in [0.25, 0.3) is 0 Å². The largest absolute Gasteiger partial charge is 0.481 e. The summed E-state index contributed by atoms with van der Waals surface area (Å²) in [6.45, 7) is 3.13. The zero-order valence-corrected chi connectivity index (χ0v) is 10.7. The molecule has 18 heavy (non-hydrogen) atoms. The minimum absolute atomic E-state index is 0.0810. The van der Waals surface area contributed by atoms with E-state index in [4.69, 9.17) is 5.11 Å². The Kier molecular flexibility index (Phi) is 3.90. The summed E-state index contributed by atoms with van der Waals surface area (Å²) in [4.78, 5) is 25.0. The lowest BCUT2D eigenvalue weighted by atomic mass is 9.95. The number of nitrogens with zero attached hydrogens (tertiary/aromatic N) is 1. The van der Waals surface area contributed by atoms with E-state index in [2.05, 4.69) is 0 Å². The summed E-state index contributed by atoms with van der Waals surface area (Å²) in [5.74, 6) is -1.08. The van der Waals surface area contributed by atoms with Crippen LogP contribution in [-0.2, 0) is 9.59 Å². The van der Waals surface area contributed by atoms with Gasteiger partial charge in [0.25, 0.3) is 0 Å². The molecule has 0 radical (unpaired) electrons. The van der Waals surface area contributed by atoms with Gasteiger partial charge in [-0.05, 0) is 31.6 Å². The average molecular weight is 255 g/mol. The van der Waals surface area contributed by atoms with Gasteiger partial charge in [0.1, 0.15) is 0 Å². The van der Waals surface area contributed by atoms with Crippen molar-refractivity contribution in [2.75, 3.05) is 13.1 Å². The standard InChI is InChI=1S/C13H21NO4/c1-8-7-14(5-4-11(8)15)12(16)9-2-3-10(6-9)13(17)18/h8-11,15H,2-7H2,1H3,(H,17,18). The van der Waals surface area contributed by atoms with Crippen molar-refractivity contribution in [3.05, 3.63) is 0 Å². The van der Waals surface area contributed by atoms with E-state index >= 15 is 0 Å². The maximum atomic E-state index is 12.3. The van der Waals surface area contributed by atoms with Crippen LogP contribution in [0.5, 0.6) is 0 Å². The fraction of sp³-hybridized carbons (Fsp3) is 0.846. The van der Waals surface area contributed by atoms with Gasteiger partial charge >= 0.3 is 5.97 Å². The molecule has 102 valence electrons. The number of carbonyl (C=O) groups excluding carboxylic acids is 1. The highest BCUT2D eigenvalue weighted by molar-refractivity contribution is 5.81. The monoisotopic (exact) mass is 255 g/mol. The molecular formula is C13H21NO4. The van der Waals surface area contributed by atoms with Crippen LogP contribution >= 0.6 is 0 Å². The first-order chi connectivity index (χ1) is 8.49. The number of aliphatic hydroxyl groups is 1. The van der Waals surface area contributed by atoms with Gasteiger partial charge in [-0.25, -0.2) is 0 Å². The van der Waals surface area contributed by atoms with Crippen LogP contribution in [-0.4, -0.2) is 46.2 Å². The Morgan fingerprint density at radius 2 is 1.83 bits per heavy atom. The van der Waals surface area contributed by atoms with Crippen LogP contribution in [0.2, 0.25) is 0 Å². The molecule has 2 aliphatic rings. The number of carboxylic acid groups (broad SMARTS) is 1. The molecule has 2 rings (SSSR count). The van der Waals surface area contributed by atoms with Crippen LogP contribution in [0.15, 0.2) is 0 Å². The van der Waals surface area contributed by atoms with E-state index in [-0.39, 0.29) is 29.8 Å². The van der Waals surface area contributed by atoms with E-state index < -0.39 is 5.97 Å². The lowest BCUT2D eigenvalue weighted by molar-refractivity contribution is -0.142. The lowest BCUT2D eigenvalue weighted by Gasteiger charge is -2.35. The number of piperidine rings is 1. The van der Waals surface area contributed by atoms with Crippen molar-refractivity contribution in [1.82, 2.24) is 4.90 Å². The number of likely N-dealkylation sites (tertiary alicyclic amines) is 1. The number of amides is 1. The molecule has 1 saturated carbocycles. The summed E-state index contributed by atoms with van der Waals surface area (Å²) in [5, 5.41) is 18.6. The van der Waals surface area contributed by atoms with Crippen LogP contribution in [0.1, 0.15) is 32.6 Å². The summed E-state index contributed by atoms with van der Waals surface area (Å²) >= 11 is 0. The summed E-state index contributed by atoms with van der Waals surface area (Å²) < 4.78 is 0. The van der Waals surface area contributed by atoms with Crippen molar-refractivity contribution in [3.63, 3.8) is 0 Å². The average Bonchev–Trinajstić information content (AvgIpc) is 2.81. The van der Waals surface area contributed by atoms with Crippen LogP contribution < -0.4 is 0 Å². The molecule has 5 heteroatoms. The predicted octanol–water partition coefficient (Wildman–Crippen LogP) is 0.717. The van der Waals surface area contributed by atoms with Gasteiger partial charge in [0.2, 0.25) is 5.91 Å². The van der Waals surface area contributed by atoms with Crippen LogP contribution in [0.4, 0.5) is 0 Å². The Morgan fingerprint density at radius 3 is 2.39 bits per heavy atom. The third-order valence-electron chi connectivity index (χ3n) is 4.30. The van der Waals surface area contributed by atoms with Gasteiger partial charge in [0, 0.05) is 19.0 Å². The van der Waals surface area contributed by atoms with Gasteiger partial charge in [-0.1, -0.05) is 6.92 Å². The molecule has 5 nitrogen and oxygen atoms in total. The number of carboxylic acids is 1. The number of rotatable bonds is 2. The predicted molar refractivity (Wildman–Crippen MR) is 64.8 cm³/mol. The topological polar surface area (TPSA) is 77.8 Å². The number of aliphatic hydroxyl groups excluding tert-OH is 1. The molecular weight excluding hydrogens is 234 g/mol. The molecule has 0 aromatic carbocycles. The first-order valence-corrected chi connectivity index (χ1v) is 6.68. The van der Waals surface area contributed by atoms with E-state index in [1.807, 2.05) is 6.92 Å². The zero-order valence-electron chi connectivity index (χ0n) is 10.7. The van der Waals surface area contributed by atoms with Gasteiger partial charge < -0.3 is 15.1 Å². The first-order valence-electron chi connectivity index (χ1n) is 6.68. The lowest BCUT2D eigenvalue weighted by Crippen LogP contribution is -2.46. The molecule has 4 atom stereocenters. The molecule has 4 unspecified atom stereocenters. The highest BCUT2D eigenvalue weighted by atomic mass is 16.4. The fourth-order valence-electron chi connectivity index (χ4n) is 3.02. The molecule has 2 fully saturated rings. The maximum Gasteiger partial charge on any atom is 0.306 e. The summed E-state index contributed by atoms with van der Waals surface area (Å²) in [5.41, 5.74) is 0. The van der Waals surface area contributed by atoms with E-state index in [9.17, 15) is 14.7 Å². The highest BCUT2D eigenvalue weighted by Gasteiger charge is 2.37. The molecule has 1 saturated heterocycles. The molecule has 0 bridgehead atoms. The smallest absolute Gasteiger partial charge is 0.306 e. The van der Waals surface area contributed by atoms with E-state index in [1.165, 1.54) is 0 Å². The number of aliphatic carboxylic acids is 1. The van der Waals surface area contributed by atoms with E-state index in [0.717, 1.165) is 0 Å². The minimum Gasteiger partial charge on any atom is -0.481 e. The Labute approximate surface area is 107 Å². The minimum atomic E-state index is -0.785. The van der Waals surface area contributed by atoms with E-state index in [1.54, 1.807) is 4.90 Å². The number of hydrogen-bond donors (Lipinski definition) is 2. The SMILES string of the molecule is CC1CN(C(=O)C2CCC(C(=O)O)C2)CCC1O. The second-order valence-corrected chi connectivity index (χ2v) is 5.66. The van der Waals surface area contributed by atoms with E-state index in [0.29, 0.717) is 38.8 Å². The zero-order chi connectivity index (χ0) is 13.3. The molecule has 0 aromatic rings.